The topological polar surface area (TPSA) is 49.4 Å². The Balaban J connectivity index is 1.82. The molecule has 20 heavy (non-hydrogen) atoms. The average molecular weight is 278 g/mol. The standard InChI is InChI=1S/C16H26N2O2/c19-14-9-12-18(13-7-3-1-4-8-13)15(20)16(17-14)10-5-2-6-11-16/h13H,1-12H2,(H,17,19). The Morgan fingerprint density at radius 1 is 0.950 bits per heavy atom. The van der Waals surface area contributed by atoms with E-state index in [0.29, 0.717) is 19.0 Å². The largest absolute Gasteiger partial charge is 0.342 e. The quantitative estimate of drug-likeness (QED) is 0.800. The van der Waals surface area contributed by atoms with Crippen LogP contribution in [0.4, 0.5) is 0 Å². The summed E-state index contributed by atoms with van der Waals surface area (Å²) in [4.78, 5) is 27.2. The van der Waals surface area contributed by atoms with Gasteiger partial charge in [0.25, 0.3) is 0 Å². The van der Waals surface area contributed by atoms with Crippen molar-refractivity contribution in [2.75, 3.05) is 6.54 Å². The molecule has 0 aromatic heterocycles. The van der Waals surface area contributed by atoms with Crippen molar-refractivity contribution < 1.29 is 9.59 Å². The zero-order valence-corrected chi connectivity index (χ0v) is 12.3. The van der Waals surface area contributed by atoms with E-state index in [1.807, 2.05) is 0 Å². The van der Waals surface area contributed by atoms with Crippen LogP contribution in [0.2, 0.25) is 0 Å². The molecule has 0 atom stereocenters. The zero-order chi connectivity index (χ0) is 14.0. The maximum absolute atomic E-state index is 13.1. The van der Waals surface area contributed by atoms with Crippen LogP contribution in [0.25, 0.3) is 0 Å². The molecule has 1 heterocycles. The Bertz CT molecular complexity index is 382. The van der Waals surface area contributed by atoms with E-state index in [4.69, 9.17) is 0 Å². The van der Waals surface area contributed by atoms with Gasteiger partial charge in [-0.15, -0.1) is 0 Å². The van der Waals surface area contributed by atoms with Crippen LogP contribution in [-0.4, -0.2) is 34.8 Å². The van der Waals surface area contributed by atoms with Crippen LogP contribution in [0.3, 0.4) is 0 Å². The van der Waals surface area contributed by atoms with Gasteiger partial charge in [0, 0.05) is 19.0 Å². The molecular weight excluding hydrogens is 252 g/mol. The van der Waals surface area contributed by atoms with Gasteiger partial charge < -0.3 is 10.2 Å². The Kier molecular flexibility index (Phi) is 3.99. The van der Waals surface area contributed by atoms with Crippen molar-refractivity contribution in [3.05, 3.63) is 0 Å². The maximum atomic E-state index is 13.1. The molecule has 3 fully saturated rings. The number of nitrogens with one attached hydrogen (secondary N) is 1. The molecule has 112 valence electrons. The molecule has 4 nitrogen and oxygen atoms in total. The first kappa shape index (κ1) is 13.9. The van der Waals surface area contributed by atoms with Crippen LogP contribution in [0.15, 0.2) is 0 Å². The third-order valence-electron chi connectivity index (χ3n) is 5.35. The second-order valence-electron chi connectivity index (χ2n) is 6.73. The van der Waals surface area contributed by atoms with E-state index in [9.17, 15) is 9.59 Å². The minimum atomic E-state index is -0.566. The van der Waals surface area contributed by atoms with E-state index in [1.54, 1.807) is 0 Å². The molecule has 1 saturated heterocycles. The Hall–Kier alpha value is -1.06. The van der Waals surface area contributed by atoms with Gasteiger partial charge in [-0.1, -0.05) is 38.5 Å². The minimum absolute atomic E-state index is 0.0681. The summed E-state index contributed by atoms with van der Waals surface area (Å²) >= 11 is 0. The Morgan fingerprint density at radius 3 is 2.30 bits per heavy atom. The summed E-state index contributed by atoms with van der Waals surface area (Å²) in [5.41, 5.74) is -0.566. The first-order chi connectivity index (χ1) is 9.71. The molecule has 0 radical (unpaired) electrons. The molecule has 2 aliphatic carbocycles. The maximum Gasteiger partial charge on any atom is 0.248 e. The van der Waals surface area contributed by atoms with Crippen LogP contribution < -0.4 is 5.32 Å². The first-order valence-corrected chi connectivity index (χ1v) is 8.33. The predicted molar refractivity (Wildman–Crippen MR) is 77.2 cm³/mol. The van der Waals surface area contributed by atoms with Crippen molar-refractivity contribution in [1.29, 1.82) is 0 Å². The van der Waals surface area contributed by atoms with E-state index in [2.05, 4.69) is 10.2 Å². The molecule has 0 aromatic carbocycles. The molecule has 1 spiro atoms. The Morgan fingerprint density at radius 2 is 1.60 bits per heavy atom. The highest BCUT2D eigenvalue weighted by Gasteiger charge is 2.46. The SMILES string of the molecule is O=C1CCN(C2CCCCC2)C(=O)C2(CCCCC2)N1. The molecule has 2 amide bonds. The second kappa shape index (κ2) is 5.74. The third kappa shape index (κ3) is 2.57. The summed E-state index contributed by atoms with van der Waals surface area (Å²) in [6.07, 6.45) is 11.4. The van der Waals surface area contributed by atoms with Crippen molar-refractivity contribution >= 4 is 11.8 Å². The first-order valence-electron chi connectivity index (χ1n) is 8.33. The molecule has 0 aromatic rings. The van der Waals surface area contributed by atoms with Crippen LogP contribution in [0.1, 0.15) is 70.6 Å². The van der Waals surface area contributed by atoms with E-state index >= 15 is 0 Å². The van der Waals surface area contributed by atoms with Gasteiger partial charge in [-0.05, 0) is 25.7 Å². The van der Waals surface area contributed by atoms with Gasteiger partial charge in [0.1, 0.15) is 5.54 Å². The highest BCUT2D eigenvalue weighted by molar-refractivity contribution is 5.93. The lowest BCUT2D eigenvalue weighted by Gasteiger charge is -2.41. The molecule has 2 saturated carbocycles. The summed E-state index contributed by atoms with van der Waals surface area (Å²) in [7, 11) is 0. The van der Waals surface area contributed by atoms with Crippen molar-refractivity contribution in [3.8, 4) is 0 Å². The molecule has 1 N–H and O–H groups in total. The van der Waals surface area contributed by atoms with Gasteiger partial charge in [-0.3, -0.25) is 9.59 Å². The van der Waals surface area contributed by atoms with Crippen LogP contribution in [-0.2, 0) is 9.59 Å². The van der Waals surface area contributed by atoms with Crippen molar-refractivity contribution in [2.45, 2.75) is 82.2 Å². The monoisotopic (exact) mass is 278 g/mol. The van der Waals surface area contributed by atoms with Gasteiger partial charge in [-0.2, -0.15) is 0 Å². The van der Waals surface area contributed by atoms with Crippen molar-refractivity contribution in [2.24, 2.45) is 0 Å². The van der Waals surface area contributed by atoms with E-state index in [-0.39, 0.29) is 11.8 Å². The summed E-state index contributed by atoms with van der Waals surface area (Å²) in [5, 5.41) is 3.08. The van der Waals surface area contributed by atoms with Gasteiger partial charge in [0.2, 0.25) is 11.8 Å². The lowest BCUT2D eigenvalue weighted by molar-refractivity contribution is -0.143. The number of hydrogen-bond donors (Lipinski definition) is 1. The number of rotatable bonds is 1. The Labute approximate surface area is 121 Å². The number of carbonyl (C=O) groups is 2. The van der Waals surface area contributed by atoms with Crippen molar-refractivity contribution in [1.82, 2.24) is 10.2 Å². The molecule has 3 rings (SSSR count). The number of nitrogens with zero attached hydrogens (tertiary/aromatic N) is 1. The number of hydrogen-bond acceptors (Lipinski definition) is 2. The van der Waals surface area contributed by atoms with E-state index < -0.39 is 5.54 Å². The fourth-order valence-electron chi connectivity index (χ4n) is 4.22. The smallest absolute Gasteiger partial charge is 0.248 e. The molecule has 1 aliphatic heterocycles. The second-order valence-corrected chi connectivity index (χ2v) is 6.73. The highest BCUT2D eigenvalue weighted by atomic mass is 16.2. The fourth-order valence-corrected chi connectivity index (χ4v) is 4.22. The molecule has 0 bridgehead atoms. The summed E-state index contributed by atoms with van der Waals surface area (Å²) in [5.74, 6) is 0.286. The average Bonchev–Trinajstić information content (AvgIpc) is 2.59. The van der Waals surface area contributed by atoms with E-state index in [1.165, 1.54) is 25.7 Å². The van der Waals surface area contributed by atoms with Gasteiger partial charge >= 0.3 is 0 Å². The molecule has 3 aliphatic rings. The van der Waals surface area contributed by atoms with Gasteiger partial charge in [0.05, 0.1) is 0 Å². The number of carbonyl (C=O) groups excluding carboxylic acids is 2. The minimum Gasteiger partial charge on any atom is -0.342 e. The van der Waals surface area contributed by atoms with Gasteiger partial charge in [-0.25, -0.2) is 0 Å². The van der Waals surface area contributed by atoms with Crippen molar-refractivity contribution in [3.63, 3.8) is 0 Å². The van der Waals surface area contributed by atoms with Gasteiger partial charge in [0.15, 0.2) is 0 Å². The summed E-state index contributed by atoms with van der Waals surface area (Å²) in [6, 6.07) is 0.378. The predicted octanol–water partition coefficient (Wildman–Crippen LogP) is 2.37. The van der Waals surface area contributed by atoms with Crippen LogP contribution in [0, 0.1) is 0 Å². The third-order valence-corrected chi connectivity index (χ3v) is 5.35. The highest BCUT2D eigenvalue weighted by Crippen LogP contribution is 2.34. The van der Waals surface area contributed by atoms with Crippen LogP contribution in [0.5, 0.6) is 0 Å². The van der Waals surface area contributed by atoms with Crippen LogP contribution >= 0.6 is 0 Å². The summed E-state index contributed by atoms with van der Waals surface area (Å²) < 4.78 is 0. The lowest BCUT2D eigenvalue weighted by atomic mass is 9.80. The fraction of sp³-hybridized carbons (Fsp3) is 0.875. The molecule has 4 heteroatoms. The molecular formula is C16H26N2O2. The normalized spacial score (nSPS) is 28.3. The summed E-state index contributed by atoms with van der Waals surface area (Å²) in [6.45, 7) is 0.622. The lowest BCUT2D eigenvalue weighted by Crippen LogP contribution is -2.59. The zero-order valence-electron chi connectivity index (χ0n) is 12.3. The molecule has 0 unspecified atom stereocenters. The number of amides is 2. The van der Waals surface area contributed by atoms with E-state index in [0.717, 1.165) is 38.5 Å².